The first kappa shape index (κ1) is 16.9. The van der Waals surface area contributed by atoms with E-state index in [0.717, 1.165) is 27.4 Å². The molecule has 2 aromatic carbocycles. The standard InChI is InChI=1S/C20H19N3OS/c1-3-13-23-19(17-7-5-4-6-8-17)15-25-20(23)22-21-14-16-9-11-18(24-2)12-10-16/h3-12,14-15H,1,13H2,2H3/b21-14-,22-20-. The lowest BCUT2D eigenvalue weighted by Crippen LogP contribution is -2.14. The van der Waals surface area contributed by atoms with Gasteiger partial charge in [-0.15, -0.1) is 23.0 Å². The maximum atomic E-state index is 5.15. The number of nitrogens with zero attached hydrogens (tertiary/aromatic N) is 3. The van der Waals surface area contributed by atoms with E-state index < -0.39 is 0 Å². The van der Waals surface area contributed by atoms with Gasteiger partial charge in [0.1, 0.15) is 5.75 Å². The van der Waals surface area contributed by atoms with E-state index in [1.807, 2.05) is 48.5 Å². The van der Waals surface area contributed by atoms with Crippen molar-refractivity contribution < 1.29 is 4.74 Å². The fourth-order valence-electron chi connectivity index (χ4n) is 2.39. The first-order valence-corrected chi connectivity index (χ1v) is 8.75. The highest BCUT2D eigenvalue weighted by molar-refractivity contribution is 7.07. The van der Waals surface area contributed by atoms with Crippen LogP contribution >= 0.6 is 11.3 Å². The first-order valence-electron chi connectivity index (χ1n) is 7.87. The molecule has 0 unspecified atom stereocenters. The summed E-state index contributed by atoms with van der Waals surface area (Å²) in [5.41, 5.74) is 3.24. The van der Waals surface area contributed by atoms with E-state index in [1.54, 1.807) is 24.7 Å². The summed E-state index contributed by atoms with van der Waals surface area (Å²) in [4.78, 5) is 0.837. The molecule has 0 aliphatic carbocycles. The van der Waals surface area contributed by atoms with E-state index in [2.05, 4.69) is 38.9 Å². The molecule has 0 N–H and O–H groups in total. The van der Waals surface area contributed by atoms with E-state index in [0.29, 0.717) is 6.54 Å². The molecule has 0 fully saturated rings. The summed E-state index contributed by atoms with van der Waals surface area (Å²) in [6.45, 7) is 4.53. The van der Waals surface area contributed by atoms with Crippen molar-refractivity contribution in [3.05, 3.63) is 83.0 Å². The molecule has 3 rings (SSSR count). The molecule has 3 aromatic rings. The number of thiazole rings is 1. The summed E-state index contributed by atoms with van der Waals surface area (Å²) in [6.07, 6.45) is 3.60. The summed E-state index contributed by atoms with van der Waals surface area (Å²) in [7, 11) is 1.65. The molecule has 0 saturated heterocycles. The van der Waals surface area contributed by atoms with Gasteiger partial charge in [-0.1, -0.05) is 36.4 Å². The molecular weight excluding hydrogens is 330 g/mol. The number of benzene rings is 2. The van der Waals surface area contributed by atoms with Crippen molar-refractivity contribution in [3.63, 3.8) is 0 Å². The van der Waals surface area contributed by atoms with Gasteiger partial charge in [0.25, 0.3) is 0 Å². The number of aromatic nitrogens is 1. The summed E-state index contributed by atoms with van der Waals surface area (Å²) < 4.78 is 7.26. The van der Waals surface area contributed by atoms with Gasteiger partial charge in [0.2, 0.25) is 4.80 Å². The van der Waals surface area contributed by atoms with Crippen molar-refractivity contribution in [2.24, 2.45) is 10.2 Å². The third kappa shape index (κ3) is 4.14. The molecule has 126 valence electrons. The van der Waals surface area contributed by atoms with Crippen LogP contribution in [0.5, 0.6) is 5.75 Å². The van der Waals surface area contributed by atoms with Crippen LogP contribution in [-0.2, 0) is 6.54 Å². The first-order chi connectivity index (χ1) is 12.3. The largest absolute Gasteiger partial charge is 0.497 e. The maximum absolute atomic E-state index is 5.15. The van der Waals surface area contributed by atoms with E-state index in [-0.39, 0.29) is 0 Å². The Morgan fingerprint density at radius 1 is 1.12 bits per heavy atom. The molecule has 0 radical (unpaired) electrons. The number of allylic oxidation sites excluding steroid dienone is 1. The van der Waals surface area contributed by atoms with Gasteiger partial charge in [0, 0.05) is 11.9 Å². The third-order valence-electron chi connectivity index (χ3n) is 3.64. The molecule has 0 amide bonds. The highest BCUT2D eigenvalue weighted by Gasteiger charge is 2.06. The van der Waals surface area contributed by atoms with Gasteiger partial charge in [0.05, 0.1) is 19.0 Å². The van der Waals surface area contributed by atoms with Crippen LogP contribution in [0.3, 0.4) is 0 Å². The minimum atomic E-state index is 0.685. The Hall–Kier alpha value is -2.92. The van der Waals surface area contributed by atoms with Crippen LogP contribution < -0.4 is 9.54 Å². The number of rotatable bonds is 6. The summed E-state index contributed by atoms with van der Waals surface area (Å²) in [5.74, 6) is 0.823. The number of ether oxygens (including phenoxy) is 1. The van der Waals surface area contributed by atoms with Gasteiger partial charge in [-0.25, -0.2) is 0 Å². The zero-order chi connectivity index (χ0) is 17.5. The Labute approximate surface area is 151 Å². The Morgan fingerprint density at radius 3 is 2.56 bits per heavy atom. The molecule has 0 atom stereocenters. The summed E-state index contributed by atoms with van der Waals surface area (Å²) in [5, 5.41) is 10.7. The fraction of sp³-hybridized carbons (Fsp3) is 0.100. The minimum absolute atomic E-state index is 0.685. The second kappa shape index (κ2) is 8.26. The Balaban J connectivity index is 1.90. The van der Waals surface area contributed by atoms with Gasteiger partial charge >= 0.3 is 0 Å². The second-order valence-corrected chi connectivity index (χ2v) is 6.12. The lowest BCUT2D eigenvalue weighted by atomic mass is 10.2. The average Bonchev–Trinajstić information content (AvgIpc) is 3.06. The van der Waals surface area contributed by atoms with Crippen molar-refractivity contribution in [3.8, 4) is 17.0 Å². The van der Waals surface area contributed by atoms with Crippen molar-refractivity contribution in [1.82, 2.24) is 4.57 Å². The Morgan fingerprint density at radius 2 is 1.88 bits per heavy atom. The van der Waals surface area contributed by atoms with Crippen molar-refractivity contribution >= 4 is 17.6 Å². The zero-order valence-electron chi connectivity index (χ0n) is 14.0. The third-order valence-corrected chi connectivity index (χ3v) is 4.50. The van der Waals surface area contributed by atoms with Crippen LogP contribution in [0.1, 0.15) is 5.56 Å². The van der Waals surface area contributed by atoms with Gasteiger partial charge in [-0.05, 0) is 35.4 Å². The predicted octanol–water partition coefficient (Wildman–Crippen LogP) is 4.35. The second-order valence-electron chi connectivity index (χ2n) is 5.29. The molecule has 5 heteroatoms. The zero-order valence-corrected chi connectivity index (χ0v) is 14.8. The van der Waals surface area contributed by atoms with Gasteiger partial charge in [-0.3, -0.25) is 0 Å². The van der Waals surface area contributed by atoms with E-state index in [4.69, 9.17) is 4.74 Å². The molecule has 4 nitrogen and oxygen atoms in total. The Kier molecular flexibility index (Phi) is 5.59. The lowest BCUT2D eigenvalue weighted by molar-refractivity contribution is 0.415. The summed E-state index contributed by atoms with van der Waals surface area (Å²) in [6, 6.07) is 17.9. The maximum Gasteiger partial charge on any atom is 0.211 e. The van der Waals surface area contributed by atoms with Crippen LogP contribution in [0.2, 0.25) is 0 Å². The van der Waals surface area contributed by atoms with Crippen molar-refractivity contribution in [2.75, 3.05) is 7.11 Å². The Bertz CT molecular complexity index is 922. The SMILES string of the molecule is C=CCn1c(-c2ccccc2)cs/c1=N\N=C/c1ccc(OC)cc1. The van der Waals surface area contributed by atoms with Crippen LogP contribution in [-0.4, -0.2) is 17.9 Å². The van der Waals surface area contributed by atoms with E-state index in [9.17, 15) is 0 Å². The minimum Gasteiger partial charge on any atom is -0.497 e. The van der Waals surface area contributed by atoms with Crippen LogP contribution in [0.25, 0.3) is 11.3 Å². The molecule has 1 heterocycles. The molecule has 0 saturated carbocycles. The highest BCUT2D eigenvalue weighted by atomic mass is 32.1. The smallest absolute Gasteiger partial charge is 0.211 e. The number of hydrogen-bond acceptors (Lipinski definition) is 4. The normalized spacial score (nSPS) is 11.8. The fourth-order valence-corrected chi connectivity index (χ4v) is 3.26. The van der Waals surface area contributed by atoms with Crippen LogP contribution in [0.4, 0.5) is 0 Å². The molecule has 0 aliphatic rings. The lowest BCUT2D eigenvalue weighted by Gasteiger charge is -2.05. The molecule has 25 heavy (non-hydrogen) atoms. The van der Waals surface area contributed by atoms with Crippen molar-refractivity contribution in [2.45, 2.75) is 6.54 Å². The molecular formula is C20H19N3OS. The molecule has 0 bridgehead atoms. The van der Waals surface area contributed by atoms with E-state index >= 15 is 0 Å². The molecule has 1 aromatic heterocycles. The van der Waals surface area contributed by atoms with Crippen molar-refractivity contribution in [1.29, 1.82) is 0 Å². The molecule has 0 aliphatic heterocycles. The monoisotopic (exact) mass is 349 g/mol. The van der Waals surface area contributed by atoms with E-state index in [1.165, 1.54) is 0 Å². The average molecular weight is 349 g/mol. The quantitative estimate of drug-likeness (QED) is 0.370. The predicted molar refractivity (Wildman–Crippen MR) is 104 cm³/mol. The van der Waals surface area contributed by atoms with Gasteiger partial charge < -0.3 is 9.30 Å². The topological polar surface area (TPSA) is 38.9 Å². The molecule has 0 spiro atoms. The van der Waals surface area contributed by atoms with Crippen LogP contribution in [0, 0.1) is 0 Å². The van der Waals surface area contributed by atoms with Crippen LogP contribution in [0.15, 0.2) is 82.8 Å². The highest BCUT2D eigenvalue weighted by Crippen LogP contribution is 2.19. The van der Waals surface area contributed by atoms with Gasteiger partial charge in [0.15, 0.2) is 0 Å². The number of methoxy groups -OCH3 is 1. The van der Waals surface area contributed by atoms with Gasteiger partial charge in [-0.2, -0.15) is 5.10 Å². The number of hydrogen-bond donors (Lipinski definition) is 0. The summed E-state index contributed by atoms with van der Waals surface area (Å²) >= 11 is 1.57.